The van der Waals surface area contributed by atoms with Crippen LogP contribution in [0.15, 0.2) is 110 Å². The van der Waals surface area contributed by atoms with Crippen molar-refractivity contribution < 1.29 is 9.13 Å². The van der Waals surface area contributed by atoms with Crippen molar-refractivity contribution >= 4 is 35.7 Å². The normalized spacial score (nSPS) is 11.5. The van der Waals surface area contributed by atoms with Crippen LogP contribution in [0, 0.1) is 13.8 Å². The largest absolute Gasteiger partial charge is 0.372 e. The Bertz CT molecular complexity index is 1690. The van der Waals surface area contributed by atoms with Gasteiger partial charge < -0.3 is 9.80 Å². The van der Waals surface area contributed by atoms with E-state index in [1.54, 1.807) is 0 Å². The van der Waals surface area contributed by atoms with E-state index >= 15 is 0 Å². The number of aryl methyl sites for hydroxylation is 2. The molecule has 4 heteroatoms. The van der Waals surface area contributed by atoms with Crippen molar-refractivity contribution in [1.29, 1.82) is 0 Å². The molecule has 0 N–H and O–H groups in total. The molecule has 2 heterocycles. The second-order valence-corrected chi connectivity index (χ2v) is 12.5. The lowest BCUT2D eigenvalue weighted by molar-refractivity contribution is -0.693. The van der Waals surface area contributed by atoms with Crippen molar-refractivity contribution in [2.24, 2.45) is 0 Å². The van der Waals surface area contributed by atoms with Gasteiger partial charge in [-0.15, -0.1) is 0 Å². The SMILES string of the molecule is CCN(CC)c1ccc(/C=C/c2cc[n+](Cc3ccccc3C[n+]3ccc(/C=C/c4ccc(N(CC)CC)cc4)c(C)c3)cc2C)cc1. The Labute approximate surface area is 288 Å². The van der Waals surface area contributed by atoms with Gasteiger partial charge in [-0.25, -0.2) is 9.13 Å². The summed E-state index contributed by atoms with van der Waals surface area (Å²) in [5.74, 6) is 0. The minimum absolute atomic E-state index is 0.835. The number of benzene rings is 3. The van der Waals surface area contributed by atoms with Gasteiger partial charge in [0.1, 0.15) is 0 Å². The van der Waals surface area contributed by atoms with Crippen molar-refractivity contribution in [2.75, 3.05) is 36.0 Å². The van der Waals surface area contributed by atoms with Gasteiger partial charge in [0, 0.05) is 71.9 Å². The average molecular weight is 637 g/mol. The van der Waals surface area contributed by atoms with E-state index in [0.29, 0.717) is 0 Å². The summed E-state index contributed by atoms with van der Waals surface area (Å²) in [6.07, 6.45) is 17.8. The first-order valence-electron chi connectivity index (χ1n) is 17.5. The zero-order valence-corrected chi connectivity index (χ0v) is 29.7. The summed E-state index contributed by atoms with van der Waals surface area (Å²) >= 11 is 0. The highest BCUT2D eigenvalue weighted by atomic mass is 15.1. The molecule has 3 aromatic carbocycles. The number of rotatable bonds is 14. The average Bonchev–Trinajstić information content (AvgIpc) is 3.10. The third-order valence-corrected chi connectivity index (χ3v) is 9.30. The molecule has 0 aliphatic rings. The molecule has 0 amide bonds. The molecule has 2 aromatic heterocycles. The number of hydrogen-bond acceptors (Lipinski definition) is 2. The Morgan fingerprint density at radius 1 is 0.479 bits per heavy atom. The van der Waals surface area contributed by atoms with Crippen molar-refractivity contribution in [3.05, 3.63) is 154 Å². The van der Waals surface area contributed by atoms with Crippen LogP contribution in [0.2, 0.25) is 0 Å². The molecule has 4 nitrogen and oxygen atoms in total. The molecule has 0 aliphatic heterocycles. The molecule has 0 radical (unpaired) electrons. The maximum atomic E-state index is 2.37. The predicted octanol–water partition coefficient (Wildman–Crippen LogP) is 9.01. The van der Waals surface area contributed by atoms with Crippen molar-refractivity contribution in [3.63, 3.8) is 0 Å². The first kappa shape index (κ1) is 34.4. The predicted molar refractivity (Wildman–Crippen MR) is 205 cm³/mol. The van der Waals surface area contributed by atoms with Gasteiger partial charge in [0.25, 0.3) is 0 Å². The van der Waals surface area contributed by atoms with Gasteiger partial charge in [-0.2, -0.15) is 0 Å². The van der Waals surface area contributed by atoms with Crippen LogP contribution >= 0.6 is 0 Å². The van der Waals surface area contributed by atoms with Crippen LogP contribution in [0.1, 0.15) is 72.2 Å². The summed E-state index contributed by atoms with van der Waals surface area (Å²) in [4.78, 5) is 4.74. The summed E-state index contributed by atoms with van der Waals surface area (Å²) in [7, 11) is 0. The topological polar surface area (TPSA) is 14.2 Å². The Morgan fingerprint density at radius 2 is 0.854 bits per heavy atom. The maximum Gasteiger partial charge on any atom is 0.174 e. The van der Waals surface area contributed by atoms with Gasteiger partial charge in [0.2, 0.25) is 0 Å². The smallest absolute Gasteiger partial charge is 0.174 e. The molecular formula is C44H52N4+2. The van der Waals surface area contributed by atoms with E-state index in [2.05, 4.69) is 194 Å². The molecule has 5 aromatic rings. The summed E-state index contributed by atoms with van der Waals surface area (Å²) in [5.41, 5.74) is 12.7. The maximum absolute atomic E-state index is 2.37. The molecule has 0 atom stereocenters. The molecule has 5 rings (SSSR count). The second kappa shape index (κ2) is 16.7. The van der Waals surface area contributed by atoms with Crippen molar-refractivity contribution in [2.45, 2.75) is 54.6 Å². The first-order valence-corrected chi connectivity index (χ1v) is 17.5. The van der Waals surface area contributed by atoms with E-state index in [1.807, 2.05) is 0 Å². The van der Waals surface area contributed by atoms with E-state index in [-0.39, 0.29) is 0 Å². The van der Waals surface area contributed by atoms with Crippen LogP contribution in [-0.4, -0.2) is 26.2 Å². The summed E-state index contributed by atoms with van der Waals surface area (Å²) < 4.78 is 4.59. The second-order valence-electron chi connectivity index (χ2n) is 12.5. The summed E-state index contributed by atoms with van der Waals surface area (Å²) in [6, 6.07) is 30.9. The molecule has 48 heavy (non-hydrogen) atoms. The number of nitrogens with zero attached hydrogens (tertiary/aromatic N) is 4. The number of hydrogen-bond donors (Lipinski definition) is 0. The van der Waals surface area contributed by atoms with Crippen LogP contribution < -0.4 is 18.9 Å². The van der Waals surface area contributed by atoms with Crippen LogP contribution in [0.25, 0.3) is 24.3 Å². The number of anilines is 2. The molecule has 0 unspecified atom stereocenters. The molecular weight excluding hydrogens is 585 g/mol. The highest BCUT2D eigenvalue weighted by molar-refractivity contribution is 5.72. The zero-order valence-electron chi connectivity index (χ0n) is 29.7. The quantitative estimate of drug-likeness (QED) is 0.113. The van der Waals surface area contributed by atoms with Gasteiger partial charge in [-0.3, -0.25) is 0 Å². The fourth-order valence-corrected chi connectivity index (χ4v) is 6.32. The van der Waals surface area contributed by atoms with E-state index in [4.69, 9.17) is 0 Å². The molecule has 246 valence electrons. The van der Waals surface area contributed by atoms with Gasteiger partial charge in [0.15, 0.2) is 37.9 Å². The summed E-state index contributed by atoms with van der Waals surface area (Å²) in [5, 5.41) is 0. The van der Waals surface area contributed by atoms with Crippen molar-refractivity contribution in [3.8, 4) is 0 Å². The lowest BCUT2D eigenvalue weighted by Gasteiger charge is -2.20. The van der Waals surface area contributed by atoms with Gasteiger partial charge in [-0.1, -0.05) is 72.8 Å². The third kappa shape index (κ3) is 8.89. The molecule has 0 spiro atoms. The van der Waals surface area contributed by atoms with E-state index in [1.165, 1.54) is 55.9 Å². The zero-order chi connectivity index (χ0) is 33.9. The minimum atomic E-state index is 0.835. The highest BCUT2D eigenvalue weighted by Gasteiger charge is 2.14. The number of pyridine rings is 2. The Hall–Kier alpha value is -4.96. The van der Waals surface area contributed by atoms with Gasteiger partial charge in [-0.05, 0) is 88.1 Å². The first-order chi connectivity index (χ1) is 23.4. The van der Waals surface area contributed by atoms with Crippen LogP contribution in [0.4, 0.5) is 11.4 Å². The van der Waals surface area contributed by atoms with Crippen LogP contribution in [-0.2, 0) is 13.1 Å². The molecule has 0 fully saturated rings. The van der Waals surface area contributed by atoms with Gasteiger partial charge >= 0.3 is 0 Å². The highest BCUT2D eigenvalue weighted by Crippen LogP contribution is 2.19. The lowest BCUT2D eigenvalue weighted by atomic mass is 10.1. The number of aromatic nitrogens is 2. The minimum Gasteiger partial charge on any atom is -0.372 e. The Morgan fingerprint density at radius 3 is 1.19 bits per heavy atom. The molecule has 0 aliphatic carbocycles. The molecule has 0 saturated carbocycles. The van der Waals surface area contributed by atoms with Crippen LogP contribution in [0.5, 0.6) is 0 Å². The fraction of sp³-hybridized carbons (Fsp3) is 0.273. The third-order valence-electron chi connectivity index (χ3n) is 9.30. The standard InChI is InChI=1S/C44H52N4/c1-7-47(8-2)43-23-17-37(18-24-43)15-21-39-27-29-45(31-35(39)5)33-41-13-11-12-14-42(41)34-46-30-28-40(36(6)32-46)22-16-38-19-25-44(26-20-38)48(9-3)10-4/h11-32H,7-10,33-34H2,1-6H3/q+2. The van der Waals surface area contributed by atoms with Crippen molar-refractivity contribution in [1.82, 2.24) is 0 Å². The van der Waals surface area contributed by atoms with Gasteiger partial charge in [0.05, 0.1) is 0 Å². The van der Waals surface area contributed by atoms with E-state index < -0.39 is 0 Å². The Balaban J connectivity index is 1.23. The van der Waals surface area contributed by atoms with Crippen LogP contribution in [0.3, 0.4) is 0 Å². The monoisotopic (exact) mass is 636 g/mol. The summed E-state index contributed by atoms with van der Waals surface area (Å²) in [6.45, 7) is 19.0. The Kier molecular flexibility index (Phi) is 12.0. The molecule has 0 saturated heterocycles. The van der Waals surface area contributed by atoms with E-state index in [9.17, 15) is 0 Å². The lowest BCUT2D eigenvalue weighted by Crippen LogP contribution is -2.37. The van der Waals surface area contributed by atoms with E-state index in [0.717, 1.165) is 39.3 Å². The fourth-order valence-electron chi connectivity index (χ4n) is 6.32. The molecule has 0 bridgehead atoms.